The molecule has 0 saturated carbocycles. The van der Waals surface area contributed by atoms with Gasteiger partial charge in [-0.3, -0.25) is 4.79 Å². The van der Waals surface area contributed by atoms with Crippen molar-refractivity contribution in [1.82, 2.24) is 0 Å². The molecule has 1 aromatic rings. The summed E-state index contributed by atoms with van der Waals surface area (Å²) in [4.78, 5) is 22.3. The molecule has 1 rings (SSSR count). The Morgan fingerprint density at radius 1 is 1.17 bits per heavy atom. The summed E-state index contributed by atoms with van der Waals surface area (Å²) in [5.74, 6) is -0.200. The van der Waals surface area contributed by atoms with Gasteiger partial charge in [0, 0.05) is 17.3 Å². The van der Waals surface area contributed by atoms with Crippen LogP contribution in [0.4, 0.5) is 16.2 Å². The number of amides is 3. The van der Waals surface area contributed by atoms with Crippen molar-refractivity contribution in [2.45, 2.75) is 13.3 Å². The minimum atomic E-state index is -0.622. The molecular weight excluding hydrogens is 232 g/mol. The van der Waals surface area contributed by atoms with Gasteiger partial charge >= 0.3 is 6.03 Å². The molecule has 0 heterocycles. The van der Waals surface area contributed by atoms with Crippen LogP contribution in [0.1, 0.15) is 13.3 Å². The molecule has 0 aliphatic rings. The van der Waals surface area contributed by atoms with Crippen LogP contribution in [0.2, 0.25) is 0 Å². The van der Waals surface area contributed by atoms with Gasteiger partial charge in [-0.05, 0) is 37.2 Å². The Kier molecular flexibility index (Phi) is 5.13. The van der Waals surface area contributed by atoms with Crippen LogP contribution < -0.4 is 22.1 Å². The van der Waals surface area contributed by atoms with E-state index in [-0.39, 0.29) is 11.8 Å². The van der Waals surface area contributed by atoms with Crippen molar-refractivity contribution in [3.8, 4) is 0 Å². The molecule has 0 spiro atoms. The van der Waals surface area contributed by atoms with Crippen LogP contribution in [0.3, 0.4) is 0 Å². The number of benzene rings is 1. The standard InChI is InChI=1S/C12H18N4O2/c1-8(6-7-13)11(17)15-9-2-4-10(5-3-9)16-12(14)18/h2-5,8H,6-7,13H2,1H3,(H,15,17)(H3,14,16,18). The lowest BCUT2D eigenvalue weighted by Gasteiger charge is -2.11. The molecule has 1 aromatic carbocycles. The summed E-state index contributed by atoms with van der Waals surface area (Å²) in [6.45, 7) is 2.31. The second-order valence-electron chi connectivity index (χ2n) is 4.03. The van der Waals surface area contributed by atoms with Crippen molar-refractivity contribution in [1.29, 1.82) is 0 Å². The monoisotopic (exact) mass is 250 g/mol. The van der Waals surface area contributed by atoms with Gasteiger partial charge in [0.15, 0.2) is 0 Å². The molecule has 1 unspecified atom stereocenters. The Labute approximate surface area is 106 Å². The van der Waals surface area contributed by atoms with E-state index >= 15 is 0 Å². The Morgan fingerprint density at radius 2 is 1.67 bits per heavy atom. The number of primary amides is 1. The van der Waals surface area contributed by atoms with Crippen molar-refractivity contribution in [3.63, 3.8) is 0 Å². The highest BCUT2D eigenvalue weighted by Crippen LogP contribution is 2.14. The largest absolute Gasteiger partial charge is 0.351 e. The van der Waals surface area contributed by atoms with Crippen LogP contribution in [0.5, 0.6) is 0 Å². The Hall–Kier alpha value is -2.08. The summed E-state index contributed by atoms with van der Waals surface area (Å²) in [7, 11) is 0. The van der Waals surface area contributed by atoms with Gasteiger partial charge in [-0.15, -0.1) is 0 Å². The first-order valence-corrected chi connectivity index (χ1v) is 5.70. The van der Waals surface area contributed by atoms with Crippen molar-refractivity contribution < 1.29 is 9.59 Å². The van der Waals surface area contributed by atoms with Crippen LogP contribution >= 0.6 is 0 Å². The minimum absolute atomic E-state index is 0.0731. The minimum Gasteiger partial charge on any atom is -0.351 e. The van der Waals surface area contributed by atoms with Gasteiger partial charge in [0.1, 0.15) is 0 Å². The number of carbonyl (C=O) groups excluding carboxylic acids is 2. The number of nitrogens with one attached hydrogen (secondary N) is 2. The van der Waals surface area contributed by atoms with Crippen molar-refractivity contribution in [3.05, 3.63) is 24.3 Å². The number of hydrogen-bond acceptors (Lipinski definition) is 3. The molecule has 0 aliphatic carbocycles. The zero-order valence-electron chi connectivity index (χ0n) is 10.3. The quantitative estimate of drug-likeness (QED) is 0.628. The van der Waals surface area contributed by atoms with Crippen LogP contribution in [0, 0.1) is 5.92 Å². The highest BCUT2D eigenvalue weighted by molar-refractivity contribution is 5.93. The summed E-state index contributed by atoms with van der Waals surface area (Å²) in [5, 5.41) is 5.21. The maximum Gasteiger partial charge on any atom is 0.316 e. The lowest BCUT2D eigenvalue weighted by atomic mass is 10.1. The molecule has 0 fully saturated rings. The number of nitrogens with two attached hydrogens (primary N) is 2. The fourth-order valence-electron chi connectivity index (χ4n) is 1.43. The first kappa shape index (κ1) is 14.0. The highest BCUT2D eigenvalue weighted by Gasteiger charge is 2.11. The average Bonchev–Trinajstić information content (AvgIpc) is 2.31. The second-order valence-corrected chi connectivity index (χ2v) is 4.03. The number of hydrogen-bond donors (Lipinski definition) is 4. The van der Waals surface area contributed by atoms with E-state index in [1.54, 1.807) is 24.3 Å². The van der Waals surface area contributed by atoms with E-state index < -0.39 is 6.03 Å². The van der Waals surface area contributed by atoms with Crippen molar-refractivity contribution in [2.75, 3.05) is 17.2 Å². The summed E-state index contributed by atoms with van der Waals surface area (Å²) >= 11 is 0. The van der Waals surface area contributed by atoms with Crippen LogP contribution in [-0.4, -0.2) is 18.5 Å². The predicted molar refractivity (Wildman–Crippen MR) is 71.1 cm³/mol. The zero-order chi connectivity index (χ0) is 13.5. The molecule has 1 atom stereocenters. The van der Waals surface area contributed by atoms with Crippen LogP contribution in [0.25, 0.3) is 0 Å². The lowest BCUT2D eigenvalue weighted by Crippen LogP contribution is -2.22. The molecule has 0 saturated heterocycles. The third-order valence-corrected chi connectivity index (χ3v) is 2.47. The number of carbonyl (C=O) groups is 2. The zero-order valence-corrected chi connectivity index (χ0v) is 10.3. The first-order valence-electron chi connectivity index (χ1n) is 5.70. The van der Waals surface area contributed by atoms with Crippen molar-refractivity contribution >= 4 is 23.3 Å². The molecule has 6 nitrogen and oxygen atoms in total. The molecule has 0 radical (unpaired) electrons. The molecule has 6 N–H and O–H groups in total. The Morgan fingerprint density at radius 3 is 2.11 bits per heavy atom. The SMILES string of the molecule is CC(CCN)C(=O)Nc1ccc(NC(N)=O)cc1. The van der Waals surface area contributed by atoms with E-state index in [0.717, 1.165) is 0 Å². The van der Waals surface area contributed by atoms with E-state index in [0.29, 0.717) is 24.3 Å². The summed E-state index contributed by atoms with van der Waals surface area (Å²) in [5.41, 5.74) is 11.6. The number of anilines is 2. The van der Waals surface area contributed by atoms with E-state index in [9.17, 15) is 9.59 Å². The van der Waals surface area contributed by atoms with Gasteiger partial charge in [0.2, 0.25) is 5.91 Å². The summed E-state index contributed by atoms with van der Waals surface area (Å²) in [6.07, 6.45) is 0.646. The molecule has 3 amide bonds. The summed E-state index contributed by atoms with van der Waals surface area (Å²) in [6, 6.07) is 6.09. The Balaban J connectivity index is 2.58. The first-order chi connectivity index (χ1) is 8.52. The van der Waals surface area contributed by atoms with E-state index in [1.165, 1.54) is 0 Å². The smallest absolute Gasteiger partial charge is 0.316 e. The van der Waals surface area contributed by atoms with E-state index in [2.05, 4.69) is 10.6 Å². The Bertz CT molecular complexity index is 417. The molecule has 0 bridgehead atoms. The van der Waals surface area contributed by atoms with Gasteiger partial charge in [-0.2, -0.15) is 0 Å². The third-order valence-electron chi connectivity index (χ3n) is 2.47. The fourth-order valence-corrected chi connectivity index (χ4v) is 1.43. The molecular formula is C12H18N4O2. The van der Waals surface area contributed by atoms with Gasteiger partial charge in [0.25, 0.3) is 0 Å². The van der Waals surface area contributed by atoms with Crippen molar-refractivity contribution in [2.24, 2.45) is 17.4 Å². The summed E-state index contributed by atoms with van der Waals surface area (Å²) < 4.78 is 0. The number of urea groups is 1. The number of rotatable bonds is 5. The normalized spacial score (nSPS) is 11.7. The fraction of sp³-hybridized carbons (Fsp3) is 0.333. The highest BCUT2D eigenvalue weighted by atomic mass is 16.2. The predicted octanol–water partition coefficient (Wildman–Crippen LogP) is 1.10. The maximum atomic E-state index is 11.7. The van der Waals surface area contributed by atoms with Gasteiger partial charge in [-0.25, -0.2) is 4.79 Å². The van der Waals surface area contributed by atoms with Crippen LogP contribution in [-0.2, 0) is 4.79 Å². The topological polar surface area (TPSA) is 110 Å². The molecule has 18 heavy (non-hydrogen) atoms. The molecule has 0 aliphatic heterocycles. The molecule has 0 aromatic heterocycles. The third kappa shape index (κ3) is 4.42. The van der Waals surface area contributed by atoms with Crippen LogP contribution in [0.15, 0.2) is 24.3 Å². The van der Waals surface area contributed by atoms with E-state index in [4.69, 9.17) is 11.5 Å². The van der Waals surface area contributed by atoms with Gasteiger partial charge in [0.05, 0.1) is 0 Å². The van der Waals surface area contributed by atoms with Gasteiger partial charge in [-0.1, -0.05) is 6.92 Å². The molecule has 98 valence electrons. The van der Waals surface area contributed by atoms with Gasteiger partial charge < -0.3 is 22.1 Å². The second kappa shape index (κ2) is 6.61. The maximum absolute atomic E-state index is 11.7. The molecule has 6 heteroatoms. The van der Waals surface area contributed by atoms with E-state index in [1.807, 2.05) is 6.92 Å². The lowest BCUT2D eigenvalue weighted by molar-refractivity contribution is -0.119. The average molecular weight is 250 g/mol.